The molecule has 0 saturated carbocycles. The van der Waals surface area contributed by atoms with Crippen LogP contribution in [-0.2, 0) is 11.3 Å². The summed E-state index contributed by atoms with van der Waals surface area (Å²) in [4.78, 5) is 12.0. The van der Waals surface area contributed by atoms with E-state index in [1.807, 2.05) is 31.2 Å². The van der Waals surface area contributed by atoms with E-state index in [2.05, 4.69) is 10.6 Å². The lowest BCUT2D eigenvalue weighted by atomic mass is 9.97. The van der Waals surface area contributed by atoms with Gasteiger partial charge in [-0.15, -0.1) is 0 Å². The molecule has 1 saturated heterocycles. The van der Waals surface area contributed by atoms with Gasteiger partial charge in [-0.3, -0.25) is 4.79 Å². The van der Waals surface area contributed by atoms with Crippen LogP contribution in [0.3, 0.4) is 0 Å². The Kier molecular flexibility index (Phi) is 5.21. The second-order valence-electron chi connectivity index (χ2n) is 4.82. The van der Waals surface area contributed by atoms with Crippen LogP contribution in [0.5, 0.6) is 5.75 Å². The number of amides is 1. The summed E-state index contributed by atoms with van der Waals surface area (Å²) in [6, 6.07) is 7.87. The molecule has 0 atom stereocenters. The maximum absolute atomic E-state index is 12.0. The first-order chi connectivity index (χ1) is 9.29. The summed E-state index contributed by atoms with van der Waals surface area (Å²) in [5.74, 6) is 1.19. The fourth-order valence-corrected chi connectivity index (χ4v) is 2.33. The number of hydrogen-bond donors (Lipinski definition) is 2. The minimum Gasteiger partial charge on any atom is -0.494 e. The Hall–Kier alpha value is -1.55. The SMILES string of the molecule is CCOc1cccc(CNC(=O)C2CCNCC2)c1. The summed E-state index contributed by atoms with van der Waals surface area (Å²) in [7, 11) is 0. The molecule has 2 N–H and O–H groups in total. The number of ether oxygens (including phenoxy) is 1. The number of rotatable bonds is 5. The molecule has 1 heterocycles. The summed E-state index contributed by atoms with van der Waals surface area (Å²) >= 11 is 0. The molecule has 0 unspecified atom stereocenters. The molecular weight excluding hydrogens is 240 g/mol. The first-order valence-electron chi connectivity index (χ1n) is 6.99. The molecule has 1 aromatic carbocycles. The van der Waals surface area contributed by atoms with Crippen molar-refractivity contribution in [1.29, 1.82) is 0 Å². The van der Waals surface area contributed by atoms with Crippen LogP contribution in [0.2, 0.25) is 0 Å². The molecule has 19 heavy (non-hydrogen) atoms. The van der Waals surface area contributed by atoms with Gasteiger partial charge >= 0.3 is 0 Å². The van der Waals surface area contributed by atoms with E-state index < -0.39 is 0 Å². The quantitative estimate of drug-likeness (QED) is 0.849. The highest BCUT2D eigenvalue weighted by molar-refractivity contribution is 5.78. The molecule has 0 aliphatic carbocycles. The third-order valence-electron chi connectivity index (χ3n) is 3.39. The molecule has 4 heteroatoms. The van der Waals surface area contributed by atoms with Gasteiger partial charge in [0.1, 0.15) is 5.75 Å². The highest BCUT2D eigenvalue weighted by Gasteiger charge is 2.20. The lowest BCUT2D eigenvalue weighted by molar-refractivity contribution is -0.125. The van der Waals surface area contributed by atoms with Gasteiger partial charge in [0.05, 0.1) is 6.61 Å². The van der Waals surface area contributed by atoms with Crippen molar-refractivity contribution in [1.82, 2.24) is 10.6 Å². The van der Waals surface area contributed by atoms with Gasteiger partial charge in [-0.2, -0.15) is 0 Å². The van der Waals surface area contributed by atoms with E-state index in [0.717, 1.165) is 37.2 Å². The van der Waals surface area contributed by atoms with Gasteiger partial charge in [0.2, 0.25) is 5.91 Å². The molecule has 1 aliphatic rings. The van der Waals surface area contributed by atoms with E-state index >= 15 is 0 Å². The number of benzene rings is 1. The summed E-state index contributed by atoms with van der Waals surface area (Å²) in [6.45, 7) is 5.08. The van der Waals surface area contributed by atoms with Crippen molar-refractivity contribution in [2.75, 3.05) is 19.7 Å². The van der Waals surface area contributed by atoms with Crippen LogP contribution < -0.4 is 15.4 Å². The zero-order valence-corrected chi connectivity index (χ0v) is 11.4. The Morgan fingerprint density at radius 3 is 2.95 bits per heavy atom. The Bertz CT molecular complexity index is 414. The first kappa shape index (κ1) is 13.9. The number of piperidine rings is 1. The average Bonchev–Trinajstić information content (AvgIpc) is 2.46. The van der Waals surface area contributed by atoms with Crippen molar-refractivity contribution >= 4 is 5.91 Å². The second-order valence-corrected chi connectivity index (χ2v) is 4.82. The fraction of sp³-hybridized carbons (Fsp3) is 0.533. The summed E-state index contributed by atoms with van der Waals surface area (Å²) in [5, 5.41) is 6.28. The van der Waals surface area contributed by atoms with Crippen molar-refractivity contribution in [3.8, 4) is 5.75 Å². The normalized spacial score (nSPS) is 16.1. The van der Waals surface area contributed by atoms with Crippen molar-refractivity contribution in [2.45, 2.75) is 26.3 Å². The predicted octanol–water partition coefficient (Wildman–Crippen LogP) is 1.70. The summed E-state index contributed by atoms with van der Waals surface area (Å²) in [6.07, 6.45) is 1.87. The van der Waals surface area contributed by atoms with Crippen LogP contribution >= 0.6 is 0 Å². The molecule has 0 radical (unpaired) electrons. The summed E-state index contributed by atoms with van der Waals surface area (Å²) < 4.78 is 5.45. The van der Waals surface area contributed by atoms with Crippen LogP contribution in [0.25, 0.3) is 0 Å². The third-order valence-corrected chi connectivity index (χ3v) is 3.39. The molecule has 0 bridgehead atoms. The fourth-order valence-electron chi connectivity index (χ4n) is 2.33. The van der Waals surface area contributed by atoms with Gasteiger partial charge in [-0.25, -0.2) is 0 Å². The number of nitrogens with one attached hydrogen (secondary N) is 2. The maximum Gasteiger partial charge on any atom is 0.223 e. The molecule has 0 spiro atoms. The van der Waals surface area contributed by atoms with E-state index in [1.165, 1.54) is 0 Å². The molecule has 1 aromatic rings. The maximum atomic E-state index is 12.0. The minimum atomic E-state index is 0.163. The van der Waals surface area contributed by atoms with Gasteiger partial charge in [-0.05, 0) is 50.6 Å². The molecule has 4 nitrogen and oxygen atoms in total. The van der Waals surface area contributed by atoms with E-state index in [1.54, 1.807) is 0 Å². The van der Waals surface area contributed by atoms with Crippen molar-refractivity contribution < 1.29 is 9.53 Å². The van der Waals surface area contributed by atoms with Gasteiger partial charge in [0.25, 0.3) is 0 Å². The van der Waals surface area contributed by atoms with E-state index in [-0.39, 0.29) is 11.8 Å². The molecular formula is C15H22N2O2. The number of carbonyl (C=O) groups excluding carboxylic acids is 1. The highest BCUT2D eigenvalue weighted by Crippen LogP contribution is 2.14. The number of carbonyl (C=O) groups is 1. The smallest absolute Gasteiger partial charge is 0.223 e. The van der Waals surface area contributed by atoms with Crippen molar-refractivity contribution in [3.63, 3.8) is 0 Å². The van der Waals surface area contributed by atoms with Crippen LogP contribution in [-0.4, -0.2) is 25.6 Å². The molecule has 0 aromatic heterocycles. The second kappa shape index (κ2) is 7.14. The highest BCUT2D eigenvalue weighted by atomic mass is 16.5. The van der Waals surface area contributed by atoms with Crippen LogP contribution in [0, 0.1) is 5.92 Å². The van der Waals surface area contributed by atoms with Gasteiger partial charge < -0.3 is 15.4 Å². The van der Waals surface area contributed by atoms with Crippen LogP contribution in [0.1, 0.15) is 25.3 Å². The topological polar surface area (TPSA) is 50.4 Å². The molecule has 1 fully saturated rings. The number of hydrogen-bond acceptors (Lipinski definition) is 3. The molecule has 1 aliphatic heterocycles. The lowest BCUT2D eigenvalue weighted by Gasteiger charge is -2.21. The zero-order valence-electron chi connectivity index (χ0n) is 11.4. The van der Waals surface area contributed by atoms with Crippen LogP contribution in [0.15, 0.2) is 24.3 Å². The Morgan fingerprint density at radius 2 is 2.21 bits per heavy atom. The van der Waals surface area contributed by atoms with Gasteiger partial charge in [-0.1, -0.05) is 12.1 Å². The third kappa shape index (κ3) is 4.24. The largest absolute Gasteiger partial charge is 0.494 e. The lowest BCUT2D eigenvalue weighted by Crippen LogP contribution is -2.37. The van der Waals surface area contributed by atoms with Gasteiger partial charge in [0, 0.05) is 12.5 Å². The summed E-state index contributed by atoms with van der Waals surface area (Å²) in [5.41, 5.74) is 1.08. The van der Waals surface area contributed by atoms with E-state index in [0.29, 0.717) is 13.2 Å². The minimum absolute atomic E-state index is 0.163. The zero-order chi connectivity index (χ0) is 13.5. The van der Waals surface area contributed by atoms with Crippen molar-refractivity contribution in [2.24, 2.45) is 5.92 Å². The Balaban J connectivity index is 1.83. The van der Waals surface area contributed by atoms with E-state index in [4.69, 9.17) is 4.74 Å². The average molecular weight is 262 g/mol. The Labute approximate surface area is 114 Å². The predicted molar refractivity (Wildman–Crippen MR) is 75.1 cm³/mol. The molecule has 2 rings (SSSR count). The van der Waals surface area contributed by atoms with Gasteiger partial charge in [0.15, 0.2) is 0 Å². The first-order valence-corrected chi connectivity index (χ1v) is 6.99. The monoisotopic (exact) mass is 262 g/mol. The molecule has 104 valence electrons. The Morgan fingerprint density at radius 1 is 1.42 bits per heavy atom. The molecule has 1 amide bonds. The van der Waals surface area contributed by atoms with Crippen molar-refractivity contribution in [3.05, 3.63) is 29.8 Å². The standard InChI is InChI=1S/C15H22N2O2/c1-2-19-14-5-3-4-12(10-14)11-17-15(18)13-6-8-16-9-7-13/h3-5,10,13,16H,2,6-9,11H2,1H3,(H,17,18). The van der Waals surface area contributed by atoms with E-state index in [9.17, 15) is 4.79 Å². The van der Waals surface area contributed by atoms with Crippen LogP contribution in [0.4, 0.5) is 0 Å².